The number of aliphatic carboxylic acids is 1. The van der Waals surface area contributed by atoms with Gasteiger partial charge in [-0.25, -0.2) is 13.5 Å². The van der Waals surface area contributed by atoms with Crippen LogP contribution in [0, 0.1) is 11.6 Å². The summed E-state index contributed by atoms with van der Waals surface area (Å²) in [4.78, 5) is 24.9. The largest absolute Gasteiger partial charge is 0.480 e. The van der Waals surface area contributed by atoms with E-state index in [4.69, 9.17) is 0 Å². The van der Waals surface area contributed by atoms with E-state index in [-0.39, 0.29) is 24.1 Å². The maximum absolute atomic E-state index is 14.0. The maximum Gasteiger partial charge on any atom is 0.317 e. The highest BCUT2D eigenvalue weighted by atomic mass is 32.2. The number of thioether (sulfide) groups is 1. The molecule has 4 rings (SSSR count). The van der Waals surface area contributed by atoms with Gasteiger partial charge in [0, 0.05) is 17.0 Å². The van der Waals surface area contributed by atoms with E-state index < -0.39 is 22.9 Å². The van der Waals surface area contributed by atoms with Crippen molar-refractivity contribution < 1.29 is 18.7 Å². The first kappa shape index (κ1) is 21.6. The van der Waals surface area contributed by atoms with Crippen molar-refractivity contribution >= 4 is 28.6 Å². The molecule has 1 N–H and O–H groups in total. The number of hydrogen-bond donors (Lipinski definition) is 1. The highest BCUT2D eigenvalue weighted by Gasteiger charge is 2.20. The second-order valence-corrected chi connectivity index (χ2v) is 8.27. The van der Waals surface area contributed by atoms with E-state index in [9.17, 15) is 23.5 Å². The SMILES string of the molecule is O=C(O)C(CCn1nnc2ccccc2c1=O)Sc1ccc(-c2cccc(F)c2F)cc1. The van der Waals surface area contributed by atoms with Gasteiger partial charge < -0.3 is 5.11 Å². The van der Waals surface area contributed by atoms with Crippen LogP contribution in [0.3, 0.4) is 0 Å². The van der Waals surface area contributed by atoms with Gasteiger partial charge in [0.2, 0.25) is 0 Å². The zero-order chi connectivity index (χ0) is 22.7. The van der Waals surface area contributed by atoms with Crippen LogP contribution >= 0.6 is 11.8 Å². The number of rotatable bonds is 7. The normalized spacial score (nSPS) is 12.1. The van der Waals surface area contributed by atoms with Crippen molar-refractivity contribution in [2.75, 3.05) is 0 Å². The molecule has 0 aliphatic heterocycles. The molecule has 3 aromatic carbocycles. The summed E-state index contributed by atoms with van der Waals surface area (Å²) in [6.45, 7) is 0.0905. The lowest BCUT2D eigenvalue weighted by Crippen LogP contribution is -2.27. The summed E-state index contributed by atoms with van der Waals surface area (Å²) < 4.78 is 28.6. The first-order valence-corrected chi connectivity index (χ1v) is 10.6. The van der Waals surface area contributed by atoms with Crippen LogP contribution in [0.15, 0.2) is 76.4 Å². The lowest BCUT2D eigenvalue weighted by Gasteiger charge is -2.13. The summed E-state index contributed by atoms with van der Waals surface area (Å²) in [6.07, 6.45) is 0.146. The lowest BCUT2D eigenvalue weighted by atomic mass is 10.1. The maximum atomic E-state index is 14.0. The van der Waals surface area contributed by atoms with Crippen LogP contribution in [0.5, 0.6) is 0 Å². The fraction of sp³-hybridized carbons (Fsp3) is 0.130. The highest BCUT2D eigenvalue weighted by molar-refractivity contribution is 8.00. The van der Waals surface area contributed by atoms with Crippen LogP contribution in [0.4, 0.5) is 8.78 Å². The predicted molar refractivity (Wildman–Crippen MR) is 117 cm³/mol. The third kappa shape index (κ3) is 4.52. The van der Waals surface area contributed by atoms with Crippen molar-refractivity contribution in [2.45, 2.75) is 23.1 Å². The van der Waals surface area contributed by atoms with Gasteiger partial charge >= 0.3 is 5.97 Å². The fourth-order valence-electron chi connectivity index (χ4n) is 3.25. The Hall–Kier alpha value is -3.59. The molecule has 0 saturated heterocycles. The van der Waals surface area contributed by atoms with E-state index >= 15 is 0 Å². The zero-order valence-corrected chi connectivity index (χ0v) is 17.4. The lowest BCUT2D eigenvalue weighted by molar-refractivity contribution is -0.136. The Balaban J connectivity index is 1.48. The second-order valence-electron chi connectivity index (χ2n) is 6.99. The molecule has 32 heavy (non-hydrogen) atoms. The quantitative estimate of drug-likeness (QED) is 0.418. The number of halogens is 2. The smallest absolute Gasteiger partial charge is 0.317 e. The molecule has 0 bridgehead atoms. The Morgan fingerprint density at radius 1 is 1.03 bits per heavy atom. The molecule has 1 aromatic heterocycles. The van der Waals surface area contributed by atoms with Crippen LogP contribution in [0.25, 0.3) is 22.0 Å². The second kappa shape index (κ2) is 9.27. The topological polar surface area (TPSA) is 85.1 Å². The van der Waals surface area contributed by atoms with Gasteiger partial charge in [0.05, 0.1) is 5.39 Å². The minimum Gasteiger partial charge on any atom is -0.480 e. The fourth-order valence-corrected chi connectivity index (χ4v) is 4.19. The number of carboxylic acids is 1. The molecule has 0 aliphatic carbocycles. The van der Waals surface area contributed by atoms with Gasteiger partial charge in [-0.3, -0.25) is 9.59 Å². The molecule has 6 nitrogen and oxygen atoms in total. The standard InChI is InChI=1S/C23H17F2N3O3S/c24-18-6-3-5-16(21(18)25)14-8-10-15(11-9-14)32-20(23(30)31)12-13-28-22(29)17-4-1-2-7-19(17)26-27-28/h1-11,20H,12-13H2,(H,30,31). The number of carbonyl (C=O) groups is 1. The number of hydrogen-bond acceptors (Lipinski definition) is 5. The summed E-state index contributed by atoms with van der Waals surface area (Å²) in [5.41, 5.74) is 0.765. The van der Waals surface area contributed by atoms with E-state index in [0.29, 0.717) is 21.4 Å². The first-order valence-electron chi connectivity index (χ1n) is 9.70. The average Bonchev–Trinajstić information content (AvgIpc) is 2.80. The molecule has 1 unspecified atom stereocenters. The molecule has 0 saturated carbocycles. The Labute approximate surface area is 185 Å². The minimum absolute atomic E-state index is 0.0905. The molecule has 1 heterocycles. The summed E-state index contributed by atoms with van der Waals surface area (Å²) in [5.74, 6) is -2.89. The first-order chi connectivity index (χ1) is 15.4. The number of benzene rings is 3. The van der Waals surface area contributed by atoms with Crippen LogP contribution in [0.2, 0.25) is 0 Å². The number of nitrogens with zero attached hydrogens (tertiary/aromatic N) is 3. The average molecular weight is 453 g/mol. The number of carboxylic acid groups (broad SMARTS) is 1. The van der Waals surface area contributed by atoms with Gasteiger partial charge in [0.25, 0.3) is 5.56 Å². The molecule has 1 atom stereocenters. The predicted octanol–water partition coefficient (Wildman–Crippen LogP) is 4.37. The van der Waals surface area contributed by atoms with Crippen LogP contribution < -0.4 is 5.56 Å². The number of aryl methyl sites for hydroxylation is 1. The van der Waals surface area contributed by atoms with Gasteiger partial charge in [-0.05, 0) is 42.3 Å². The highest BCUT2D eigenvalue weighted by Crippen LogP contribution is 2.30. The van der Waals surface area contributed by atoms with Crippen LogP contribution in [0.1, 0.15) is 6.42 Å². The van der Waals surface area contributed by atoms with Crippen molar-refractivity contribution in [1.29, 1.82) is 0 Å². The van der Waals surface area contributed by atoms with E-state index in [1.165, 1.54) is 12.1 Å². The van der Waals surface area contributed by atoms with E-state index in [1.807, 2.05) is 0 Å². The van der Waals surface area contributed by atoms with Crippen molar-refractivity contribution in [3.63, 3.8) is 0 Å². The molecule has 0 amide bonds. The van der Waals surface area contributed by atoms with Crippen molar-refractivity contribution in [3.8, 4) is 11.1 Å². The van der Waals surface area contributed by atoms with Crippen molar-refractivity contribution in [3.05, 3.63) is 88.7 Å². The summed E-state index contributed by atoms with van der Waals surface area (Å²) in [7, 11) is 0. The molecule has 0 fully saturated rings. The molecular formula is C23H17F2N3O3S. The van der Waals surface area contributed by atoms with Crippen molar-refractivity contribution in [2.24, 2.45) is 0 Å². The Bertz CT molecular complexity index is 1340. The van der Waals surface area contributed by atoms with Crippen molar-refractivity contribution in [1.82, 2.24) is 15.0 Å². The molecule has 0 aliphatic rings. The number of aromatic nitrogens is 3. The third-order valence-electron chi connectivity index (χ3n) is 4.90. The van der Waals surface area contributed by atoms with E-state index in [0.717, 1.165) is 22.5 Å². The Morgan fingerprint density at radius 3 is 2.53 bits per heavy atom. The van der Waals surface area contributed by atoms with E-state index in [1.54, 1.807) is 48.5 Å². The molecule has 9 heteroatoms. The van der Waals surface area contributed by atoms with Gasteiger partial charge in [-0.1, -0.05) is 41.6 Å². The van der Waals surface area contributed by atoms with E-state index in [2.05, 4.69) is 10.3 Å². The summed E-state index contributed by atoms with van der Waals surface area (Å²) in [5, 5.41) is 17.1. The zero-order valence-electron chi connectivity index (χ0n) is 16.6. The summed E-state index contributed by atoms with van der Waals surface area (Å²) >= 11 is 1.11. The molecule has 4 aromatic rings. The summed E-state index contributed by atoms with van der Waals surface area (Å²) in [6, 6.07) is 17.3. The van der Waals surface area contributed by atoms with Gasteiger partial charge in [-0.15, -0.1) is 16.9 Å². The third-order valence-corrected chi connectivity index (χ3v) is 6.17. The van der Waals surface area contributed by atoms with Crippen LogP contribution in [-0.4, -0.2) is 31.3 Å². The molecule has 0 radical (unpaired) electrons. The number of fused-ring (bicyclic) bond motifs is 1. The molecule has 0 spiro atoms. The Morgan fingerprint density at radius 2 is 1.78 bits per heavy atom. The van der Waals surface area contributed by atoms with Gasteiger partial charge in [0.15, 0.2) is 11.6 Å². The van der Waals surface area contributed by atoms with Gasteiger partial charge in [-0.2, -0.15) is 0 Å². The van der Waals surface area contributed by atoms with Gasteiger partial charge in [0.1, 0.15) is 10.8 Å². The molecular weight excluding hydrogens is 436 g/mol. The Kier molecular flexibility index (Phi) is 6.27. The minimum atomic E-state index is -1.03. The monoisotopic (exact) mass is 453 g/mol. The van der Waals surface area contributed by atoms with Crippen LogP contribution in [-0.2, 0) is 11.3 Å². The molecule has 162 valence electrons.